The zero-order chi connectivity index (χ0) is 12.7. The number of rotatable bonds is 5. The summed E-state index contributed by atoms with van der Waals surface area (Å²) in [4.78, 5) is 11.3. The molecule has 5 heteroatoms. The molecule has 0 fully saturated rings. The predicted octanol–water partition coefficient (Wildman–Crippen LogP) is 0.615. The number of benzene rings is 1. The molecule has 1 rings (SSSR count). The Balaban J connectivity index is 2.36. The van der Waals surface area contributed by atoms with Gasteiger partial charge in [-0.05, 0) is 31.0 Å². The second-order valence-electron chi connectivity index (χ2n) is 3.90. The Labute approximate surface area is 100 Å². The number of phenolic OH excluding ortho intramolecular Hbond substituents is 1. The van der Waals surface area contributed by atoms with Crippen molar-refractivity contribution in [1.82, 2.24) is 10.6 Å². The SMILES string of the molecule is CC(Cc1ccc(O)cc1)NC(=O)NCCO. The fraction of sp³-hybridized carbons (Fsp3) is 0.417. The lowest BCUT2D eigenvalue weighted by molar-refractivity contribution is 0.231. The molecule has 1 atom stereocenters. The van der Waals surface area contributed by atoms with Crippen LogP contribution < -0.4 is 10.6 Å². The van der Waals surface area contributed by atoms with Crippen molar-refractivity contribution in [3.8, 4) is 5.75 Å². The van der Waals surface area contributed by atoms with E-state index in [4.69, 9.17) is 10.2 Å². The highest BCUT2D eigenvalue weighted by atomic mass is 16.3. The van der Waals surface area contributed by atoms with Crippen molar-refractivity contribution >= 4 is 6.03 Å². The molecule has 0 saturated heterocycles. The highest BCUT2D eigenvalue weighted by Crippen LogP contribution is 2.11. The lowest BCUT2D eigenvalue weighted by Crippen LogP contribution is -2.42. The first-order valence-corrected chi connectivity index (χ1v) is 5.55. The maximum atomic E-state index is 11.3. The number of carbonyl (C=O) groups excluding carboxylic acids is 1. The molecule has 0 aliphatic heterocycles. The first kappa shape index (κ1) is 13.3. The van der Waals surface area contributed by atoms with Crippen LogP contribution in [0, 0.1) is 0 Å². The topological polar surface area (TPSA) is 81.6 Å². The molecule has 1 aromatic carbocycles. The molecular formula is C12H18N2O3. The van der Waals surface area contributed by atoms with Crippen molar-refractivity contribution in [3.05, 3.63) is 29.8 Å². The highest BCUT2D eigenvalue weighted by Gasteiger charge is 2.07. The molecule has 1 unspecified atom stereocenters. The van der Waals surface area contributed by atoms with Gasteiger partial charge >= 0.3 is 6.03 Å². The minimum atomic E-state index is -0.287. The van der Waals surface area contributed by atoms with Crippen LogP contribution in [0.15, 0.2) is 24.3 Å². The van der Waals surface area contributed by atoms with Crippen LogP contribution in [0.4, 0.5) is 4.79 Å². The summed E-state index contributed by atoms with van der Waals surface area (Å²) >= 11 is 0. The molecule has 0 aliphatic carbocycles. The number of aliphatic hydroxyl groups excluding tert-OH is 1. The molecule has 5 nitrogen and oxygen atoms in total. The monoisotopic (exact) mass is 238 g/mol. The normalized spacial score (nSPS) is 11.9. The van der Waals surface area contributed by atoms with Crippen LogP contribution in [0.3, 0.4) is 0 Å². The van der Waals surface area contributed by atoms with Gasteiger partial charge in [-0.1, -0.05) is 12.1 Å². The van der Waals surface area contributed by atoms with Gasteiger partial charge in [-0.2, -0.15) is 0 Å². The summed E-state index contributed by atoms with van der Waals surface area (Å²) in [5.74, 6) is 0.232. The first-order chi connectivity index (χ1) is 8.11. The second-order valence-corrected chi connectivity index (χ2v) is 3.90. The van der Waals surface area contributed by atoms with E-state index in [1.54, 1.807) is 12.1 Å². The van der Waals surface area contributed by atoms with E-state index in [-0.39, 0.29) is 31.0 Å². The summed E-state index contributed by atoms with van der Waals surface area (Å²) in [6.45, 7) is 2.07. The third-order valence-corrected chi connectivity index (χ3v) is 2.25. The van der Waals surface area contributed by atoms with E-state index in [0.717, 1.165) is 5.56 Å². The lowest BCUT2D eigenvalue weighted by Gasteiger charge is -2.14. The first-order valence-electron chi connectivity index (χ1n) is 5.55. The maximum Gasteiger partial charge on any atom is 0.315 e. The molecule has 2 amide bonds. The van der Waals surface area contributed by atoms with Crippen LogP contribution in [0.1, 0.15) is 12.5 Å². The third-order valence-electron chi connectivity index (χ3n) is 2.25. The number of hydrogen-bond donors (Lipinski definition) is 4. The standard InChI is InChI=1S/C12H18N2O3/c1-9(14-12(17)13-6-7-15)8-10-2-4-11(16)5-3-10/h2-5,9,15-16H,6-8H2,1H3,(H2,13,14,17). The summed E-state index contributed by atoms with van der Waals surface area (Å²) in [7, 11) is 0. The second kappa shape index (κ2) is 6.75. The third kappa shape index (κ3) is 5.21. The number of nitrogens with one attached hydrogen (secondary N) is 2. The largest absolute Gasteiger partial charge is 0.508 e. The fourth-order valence-electron chi connectivity index (χ4n) is 1.48. The average molecular weight is 238 g/mol. The molecular weight excluding hydrogens is 220 g/mol. The van der Waals surface area contributed by atoms with Gasteiger partial charge in [-0.3, -0.25) is 0 Å². The summed E-state index contributed by atoms with van der Waals surface area (Å²) < 4.78 is 0. The van der Waals surface area contributed by atoms with Crippen molar-refractivity contribution in [2.45, 2.75) is 19.4 Å². The Morgan fingerprint density at radius 3 is 2.59 bits per heavy atom. The van der Waals surface area contributed by atoms with E-state index >= 15 is 0 Å². The maximum absolute atomic E-state index is 11.3. The fourth-order valence-corrected chi connectivity index (χ4v) is 1.48. The number of carbonyl (C=O) groups is 1. The van der Waals surface area contributed by atoms with Crippen LogP contribution in [0.25, 0.3) is 0 Å². The molecule has 0 radical (unpaired) electrons. The molecule has 4 N–H and O–H groups in total. The lowest BCUT2D eigenvalue weighted by atomic mass is 10.1. The van der Waals surface area contributed by atoms with Crippen molar-refractivity contribution in [1.29, 1.82) is 0 Å². The van der Waals surface area contributed by atoms with Gasteiger partial charge in [0.2, 0.25) is 0 Å². The quantitative estimate of drug-likeness (QED) is 0.607. The van der Waals surface area contributed by atoms with E-state index in [2.05, 4.69) is 10.6 Å². The van der Waals surface area contributed by atoms with Gasteiger partial charge < -0.3 is 20.8 Å². The van der Waals surface area contributed by atoms with Gasteiger partial charge in [-0.25, -0.2) is 4.79 Å². The van der Waals surface area contributed by atoms with Gasteiger partial charge in [0.05, 0.1) is 6.61 Å². The number of hydrogen-bond acceptors (Lipinski definition) is 3. The molecule has 94 valence electrons. The van der Waals surface area contributed by atoms with Crippen LogP contribution in [-0.2, 0) is 6.42 Å². The molecule has 1 aromatic rings. The number of amides is 2. The molecule has 0 saturated carbocycles. The molecule has 0 aliphatic rings. The summed E-state index contributed by atoms with van der Waals surface area (Å²) in [6, 6.07) is 6.57. The van der Waals surface area contributed by atoms with Crippen LogP contribution >= 0.6 is 0 Å². The summed E-state index contributed by atoms with van der Waals surface area (Å²) in [6.07, 6.45) is 0.687. The molecule has 17 heavy (non-hydrogen) atoms. The Morgan fingerprint density at radius 2 is 2.00 bits per heavy atom. The van der Waals surface area contributed by atoms with Crippen molar-refractivity contribution in [2.75, 3.05) is 13.2 Å². The smallest absolute Gasteiger partial charge is 0.315 e. The van der Waals surface area contributed by atoms with E-state index < -0.39 is 0 Å². The van der Waals surface area contributed by atoms with E-state index in [9.17, 15) is 4.79 Å². The zero-order valence-corrected chi connectivity index (χ0v) is 9.81. The summed E-state index contributed by atoms with van der Waals surface area (Å²) in [5.41, 5.74) is 1.04. The Bertz CT molecular complexity index is 351. The number of phenols is 1. The number of urea groups is 1. The minimum Gasteiger partial charge on any atom is -0.508 e. The van der Waals surface area contributed by atoms with Gasteiger partial charge in [0.1, 0.15) is 5.75 Å². The van der Waals surface area contributed by atoms with Gasteiger partial charge in [0, 0.05) is 12.6 Å². The zero-order valence-electron chi connectivity index (χ0n) is 9.81. The molecule has 0 heterocycles. The average Bonchev–Trinajstić information content (AvgIpc) is 2.29. The summed E-state index contributed by atoms with van der Waals surface area (Å²) in [5, 5.41) is 22.9. The van der Waals surface area contributed by atoms with Crippen LogP contribution in [-0.4, -0.2) is 35.4 Å². The molecule has 0 bridgehead atoms. The van der Waals surface area contributed by atoms with E-state index in [1.807, 2.05) is 19.1 Å². The van der Waals surface area contributed by atoms with Crippen LogP contribution in [0.5, 0.6) is 5.75 Å². The van der Waals surface area contributed by atoms with Crippen molar-refractivity contribution in [2.24, 2.45) is 0 Å². The molecule has 0 spiro atoms. The van der Waals surface area contributed by atoms with E-state index in [1.165, 1.54) is 0 Å². The van der Waals surface area contributed by atoms with Gasteiger partial charge in [0.25, 0.3) is 0 Å². The van der Waals surface area contributed by atoms with Gasteiger partial charge in [-0.15, -0.1) is 0 Å². The van der Waals surface area contributed by atoms with Crippen molar-refractivity contribution in [3.63, 3.8) is 0 Å². The highest BCUT2D eigenvalue weighted by molar-refractivity contribution is 5.74. The van der Waals surface area contributed by atoms with Gasteiger partial charge in [0.15, 0.2) is 0 Å². The Morgan fingerprint density at radius 1 is 1.35 bits per heavy atom. The molecule has 0 aromatic heterocycles. The number of aliphatic hydroxyl groups is 1. The van der Waals surface area contributed by atoms with E-state index in [0.29, 0.717) is 6.42 Å². The minimum absolute atomic E-state index is 0.0155. The Hall–Kier alpha value is -1.75. The number of aromatic hydroxyl groups is 1. The Kier molecular flexibility index (Phi) is 5.29. The van der Waals surface area contributed by atoms with Crippen molar-refractivity contribution < 1.29 is 15.0 Å². The predicted molar refractivity (Wildman–Crippen MR) is 64.9 cm³/mol. The van der Waals surface area contributed by atoms with Crippen LogP contribution in [0.2, 0.25) is 0 Å².